The van der Waals surface area contributed by atoms with E-state index in [0.717, 1.165) is 24.9 Å². The first-order valence-corrected chi connectivity index (χ1v) is 8.13. The molecule has 2 aromatic rings. The Morgan fingerprint density at radius 3 is 3.08 bits per heavy atom. The standard InChI is InChI=1S/C16H21FN6O/c1-11-20-21-22-23(11)15(9-12-4-2-5-13(17)8-12)16(24)19-10-14-6-3-7-18-14/h2,4-5,8,14-15,18H,3,6-7,9-10H2,1H3,(H,19,24). The van der Waals surface area contributed by atoms with Gasteiger partial charge in [0.1, 0.15) is 17.7 Å². The van der Waals surface area contributed by atoms with Crippen LogP contribution in [0, 0.1) is 12.7 Å². The third kappa shape index (κ3) is 3.94. The van der Waals surface area contributed by atoms with Crippen LogP contribution in [-0.2, 0) is 11.2 Å². The number of nitrogens with zero attached hydrogens (tertiary/aromatic N) is 4. The molecule has 1 amide bonds. The average Bonchev–Trinajstić information content (AvgIpc) is 3.22. The molecule has 2 atom stereocenters. The molecule has 7 nitrogen and oxygen atoms in total. The molecule has 0 spiro atoms. The number of aryl methyl sites for hydroxylation is 1. The first-order valence-electron chi connectivity index (χ1n) is 8.13. The molecule has 2 unspecified atom stereocenters. The molecule has 0 saturated carbocycles. The van der Waals surface area contributed by atoms with E-state index in [1.54, 1.807) is 19.1 Å². The molecule has 1 aliphatic rings. The van der Waals surface area contributed by atoms with E-state index < -0.39 is 6.04 Å². The van der Waals surface area contributed by atoms with Gasteiger partial charge in [0.25, 0.3) is 0 Å². The van der Waals surface area contributed by atoms with Crippen molar-refractivity contribution in [3.05, 3.63) is 41.5 Å². The number of hydrogen-bond donors (Lipinski definition) is 2. The average molecular weight is 332 g/mol. The van der Waals surface area contributed by atoms with E-state index in [2.05, 4.69) is 26.2 Å². The summed E-state index contributed by atoms with van der Waals surface area (Å²) in [5.41, 5.74) is 0.726. The van der Waals surface area contributed by atoms with Gasteiger partial charge in [0.05, 0.1) is 0 Å². The van der Waals surface area contributed by atoms with Crippen molar-refractivity contribution in [2.45, 2.75) is 38.3 Å². The van der Waals surface area contributed by atoms with Crippen LogP contribution in [0.15, 0.2) is 24.3 Å². The van der Waals surface area contributed by atoms with E-state index in [4.69, 9.17) is 0 Å². The Kier molecular flexibility index (Phi) is 5.14. The molecule has 1 fully saturated rings. The zero-order valence-corrected chi connectivity index (χ0v) is 13.6. The number of amides is 1. The number of aromatic nitrogens is 4. The fourth-order valence-corrected chi connectivity index (χ4v) is 2.98. The van der Waals surface area contributed by atoms with Gasteiger partial charge in [-0.3, -0.25) is 4.79 Å². The normalized spacial score (nSPS) is 18.5. The van der Waals surface area contributed by atoms with Gasteiger partial charge in [-0.15, -0.1) is 5.10 Å². The van der Waals surface area contributed by atoms with Gasteiger partial charge in [-0.05, 0) is 54.4 Å². The molecule has 128 valence electrons. The van der Waals surface area contributed by atoms with E-state index in [9.17, 15) is 9.18 Å². The van der Waals surface area contributed by atoms with Crippen LogP contribution in [0.5, 0.6) is 0 Å². The molecule has 1 aliphatic heterocycles. The van der Waals surface area contributed by atoms with Crippen molar-refractivity contribution in [3.63, 3.8) is 0 Å². The topological polar surface area (TPSA) is 84.7 Å². The molecule has 1 aromatic heterocycles. The third-order valence-electron chi connectivity index (χ3n) is 4.26. The molecule has 0 aliphatic carbocycles. The molecule has 0 bridgehead atoms. The first-order chi connectivity index (χ1) is 11.6. The molecular weight excluding hydrogens is 311 g/mol. The summed E-state index contributed by atoms with van der Waals surface area (Å²) in [5.74, 6) is 0.0594. The van der Waals surface area contributed by atoms with Crippen LogP contribution in [0.1, 0.15) is 30.3 Å². The zero-order chi connectivity index (χ0) is 16.9. The minimum absolute atomic E-state index is 0.164. The van der Waals surface area contributed by atoms with E-state index >= 15 is 0 Å². The van der Waals surface area contributed by atoms with Crippen LogP contribution in [0.3, 0.4) is 0 Å². The Morgan fingerprint density at radius 2 is 2.42 bits per heavy atom. The first kappa shape index (κ1) is 16.5. The maximum atomic E-state index is 13.4. The summed E-state index contributed by atoms with van der Waals surface area (Å²) >= 11 is 0. The Bertz CT molecular complexity index is 697. The van der Waals surface area contributed by atoms with Gasteiger partial charge in [0.2, 0.25) is 5.91 Å². The maximum absolute atomic E-state index is 13.4. The van der Waals surface area contributed by atoms with Crippen molar-refractivity contribution < 1.29 is 9.18 Å². The second-order valence-corrected chi connectivity index (χ2v) is 6.06. The summed E-state index contributed by atoms with van der Waals surface area (Å²) in [6.07, 6.45) is 2.51. The van der Waals surface area contributed by atoms with Gasteiger partial charge in [-0.2, -0.15) is 0 Å². The van der Waals surface area contributed by atoms with Crippen molar-refractivity contribution in [2.24, 2.45) is 0 Å². The summed E-state index contributed by atoms with van der Waals surface area (Å²) in [6.45, 7) is 3.30. The Morgan fingerprint density at radius 1 is 1.54 bits per heavy atom. The van der Waals surface area contributed by atoms with Gasteiger partial charge in [-0.1, -0.05) is 12.1 Å². The summed E-state index contributed by atoms with van der Waals surface area (Å²) in [5, 5.41) is 17.7. The van der Waals surface area contributed by atoms with E-state index in [-0.39, 0.29) is 11.7 Å². The zero-order valence-electron chi connectivity index (χ0n) is 13.6. The molecule has 2 heterocycles. The van der Waals surface area contributed by atoms with Crippen molar-refractivity contribution in [1.29, 1.82) is 0 Å². The van der Waals surface area contributed by atoms with Gasteiger partial charge >= 0.3 is 0 Å². The van der Waals surface area contributed by atoms with Crippen LogP contribution in [-0.4, -0.2) is 45.2 Å². The monoisotopic (exact) mass is 332 g/mol. The van der Waals surface area contributed by atoms with Crippen LogP contribution < -0.4 is 10.6 Å². The number of halogens is 1. The second-order valence-electron chi connectivity index (χ2n) is 6.06. The van der Waals surface area contributed by atoms with E-state index in [0.29, 0.717) is 24.8 Å². The number of benzene rings is 1. The van der Waals surface area contributed by atoms with Crippen LogP contribution in [0.25, 0.3) is 0 Å². The highest BCUT2D eigenvalue weighted by Crippen LogP contribution is 2.16. The second kappa shape index (κ2) is 7.48. The third-order valence-corrected chi connectivity index (χ3v) is 4.26. The number of hydrogen-bond acceptors (Lipinski definition) is 5. The Balaban J connectivity index is 1.74. The van der Waals surface area contributed by atoms with E-state index in [1.165, 1.54) is 16.8 Å². The number of carbonyl (C=O) groups is 1. The molecule has 24 heavy (non-hydrogen) atoms. The lowest BCUT2D eigenvalue weighted by Crippen LogP contribution is -2.41. The highest BCUT2D eigenvalue weighted by Gasteiger charge is 2.25. The summed E-state index contributed by atoms with van der Waals surface area (Å²) in [4.78, 5) is 12.7. The van der Waals surface area contributed by atoms with Crippen molar-refractivity contribution >= 4 is 5.91 Å². The van der Waals surface area contributed by atoms with Gasteiger partial charge in [0.15, 0.2) is 0 Å². The SMILES string of the molecule is Cc1nnnn1C(Cc1cccc(F)c1)C(=O)NCC1CCCN1. The van der Waals surface area contributed by atoms with E-state index in [1.807, 2.05) is 0 Å². The van der Waals surface area contributed by atoms with Crippen LogP contribution >= 0.6 is 0 Å². The van der Waals surface area contributed by atoms with Crippen molar-refractivity contribution in [3.8, 4) is 0 Å². The van der Waals surface area contributed by atoms with Crippen molar-refractivity contribution in [2.75, 3.05) is 13.1 Å². The number of tetrazole rings is 1. The summed E-state index contributed by atoms with van der Waals surface area (Å²) in [6, 6.07) is 5.93. The molecule has 2 N–H and O–H groups in total. The van der Waals surface area contributed by atoms with Crippen molar-refractivity contribution in [1.82, 2.24) is 30.8 Å². The van der Waals surface area contributed by atoms with Crippen LogP contribution in [0.4, 0.5) is 4.39 Å². The lowest BCUT2D eigenvalue weighted by Gasteiger charge is -2.19. The molecule has 1 aromatic carbocycles. The van der Waals surface area contributed by atoms with Crippen LogP contribution in [0.2, 0.25) is 0 Å². The largest absolute Gasteiger partial charge is 0.353 e. The van der Waals surface area contributed by atoms with Gasteiger partial charge in [-0.25, -0.2) is 9.07 Å². The van der Waals surface area contributed by atoms with Gasteiger partial charge < -0.3 is 10.6 Å². The Labute approximate surface area is 139 Å². The molecule has 1 saturated heterocycles. The fraction of sp³-hybridized carbons (Fsp3) is 0.500. The lowest BCUT2D eigenvalue weighted by atomic mass is 10.0. The number of nitrogens with one attached hydrogen (secondary N) is 2. The molecular formula is C16H21FN6O. The summed E-state index contributed by atoms with van der Waals surface area (Å²) in [7, 11) is 0. The molecule has 8 heteroatoms. The quantitative estimate of drug-likeness (QED) is 0.816. The predicted molar refractivity (Wildman–Crippen MR) is 85.7 cm³/mol. The minimum atomic E-state index is -0.608. The number of carbonyl (C=O) groups excluding carboxylic acids is 1. The highest BCUT2D eigenvalue weighted by atomic mass is 19.1. The van der Waals surface area contributed by atoms with Gasteiger partial charge in [0, 0.05) is 19.0 Å². The molecule has 0 radical (unpaired) electrons. The smallest absolute Gasteiger partial charge is 0.245 e. The predicted octanol–water partition coefficient (Wildman–Crippen LogP) is 0.773. The highest BCUT2D eigenvalue weighted by molar-refractivity contribution is 5.80. The number of rotatable bonds is 6. The summed E-state index contributed by atoms with van der Waals surface area (Å²) < 4.78 is 14.9. The maximum Gasteiger partial charge on any atom is 0.245 e. The molecule has 3 rings (SSSR count). The minimum Gasteiger partial charge on any atom is -0.353 e. The fourth-order valence-electron chi connectivity index (χ4n) is 2.98. The Hall–Kier alpha value is -2.35. The lowest BCUT2D eigenvalue weighted by molar-refractivity contribution is -0.124.